The molecule has 1 heterocycles. The fraction of sp³-hybridized carbons (Fsp3) is 0.267. The average Bonchev–Trinajstić information content (AvgIpc) is 2.40. The van der Waals surface area contributed by atoms with Gasteiger partial charge in [0.1, 0.15) is 0 Å². The molecule has 0 spiro atoms. The molecular weight excluding hydrogens is 260 g/mol. The molecular formula is C15H17ClN2O. The monoisotopic (exact) mass is 276 g/mol. The van der Waals surface area contributed by atoms with Crippen LogP contribution in [0.2, 0.25) is 5.15 Å². The molecule has 3 nitrogen and oxygen atoms in total. The van der Waals surface area contributed by atoms with Crippen molar-refractivity contribution in [3.8, 4) is 0 Å². The molecule has 4 heteroatoms. The molecule has 0 aliphatic carbocycles. The zero-order valence-corrected chi connectivity index (χ0v) is 11.8. The highest BCUT2D eigenvalue weighted by Crippen LogP contribution is 2.23. The maximum absolute atomic E-state index is 6.00. The Hall–Kier alpha value is -1.58. The van der Waals surface area contributed by atoms with Gasteiger partial charge < -0.3 is 10.1 Å². The lowest BCUT2D eigenvalue weighted by Gasteiger charge is -2.10. The van der Waals surface area contributed by atoms with Gasteiger partial charge in [-0.1, -0.05) is 23.7 Å². The molecule has 0 unspecified atom stereocenters. The largest absolute Gasteiger partial charge is 0.374 e. The lowest BCUT2D eigenvalue weighted by molar-refractivity contribution is 0.0657. The first-order valence-corrected chi connectivity index (χ1v) is 6.61. The first-order valence-electron chi connectivity index (χ1n) is 6.23. The van der Waals surface area contributed by atoms with Gasteiger partial charge in [0, 0.05) is 11.9 Å². The number of pyridine rings is 1. The standard InChI is InChI=1S/C15H17ClN2O/c1-11(2)19-10-12-5-7-13(8-6-12)18-14-4-3-9-17-15(14)16/h3-9,11,18H,10H2,1-2H3. The first-order chi connectivity index (χ1) is 9.15. The minimum Gasteiger partial charge on any atom is -0.374 e. The van der Waals surface area contributed by atoms with Gasteiger partial charge in [0.15, 0.2) is 5.15 Å². The molecule has 19 heavy (non-hydrogen) atoms. The summed E-state index contributed by atoms with van der Waals surface area (Å²) in [7, 11) is 0. The van der Waals surface area contributed by atoms with E-state index < -0.39 is 0 Å². The maximum atomic E-state index is 6.00. The zero-order chi connectivity index (χ0) is 13.7. The number of benzene rings is 1. The van der Waals surface area contributed by atoms with Gasteiger partial charge in [-0.2, -0.15) is 0 Å². The van der Waals surface area contributed by atoms with Crippen molar-refractivity contribution >= 4 is 23.0 Å². The predicted molar refractivity (Wildman–Crippen MR) is 78.9 cm³/mol. The number of anilines is 2. The molecule has 0 radical (unpaired) electrons. The number of aromatic nitrogens is 1. The van der Waals surface area contributed by atoms with Crippen molar-refractivity contribution in [2.24, 2.45) is 0 Å². The van der Waals surface area contributed by atoms with Crippen LogP contribution in [-0.4, -0.2) is 11.1 Å². The van der Waals surface area contributed by atoms with E-state index in [1.807, 2.05) is 50.2 Å². The smallest absolute Gasteiger partial charge is 0.152 e. The molecule has 1 aromatic carbocycles. The van der Waals surface area contributed by atoms with Crippen molar-refractivity contribution < 1.29 is 4.74 Å². The highest BCUT2D eigenvalue weighted by atomic mass is 35.5. The Kier molecular flexibility index (Phi) is 4.77. The van der Waals surface area contributed by atoms with E-state index in [2.05, 4.69) is 10.3 Å². The van der Waals surface area contributed by atoms with E-state index in [4.69, 9.17) is 16.3 Å². The van der Waals surface area contributed by atoms with Crippen LogP contribution in [0.15, 0.2) is 42.6 Å². The summed E-state index contributed by atoms with van der Waals surface area (Å²) in [6.07, 6.45) is 1.91. The molecule has 0 saturated carbocycles. The Morgan fingerprint density at radius 2 is 1.95 bits per heavy atom. The van der Waals surface area contributed by atoms with Gasteiger partial charge in [-0.3, -0.25) is 0 Å². The molecule has 0 atom stereocenters. The van der Waals surface area contributed by atoms with Crippen LogP contribution >= 0.6 is 11.6 Å². The Labute approximate surface area is 118 Å². The normalized spacial score (nSPS) is 10.7. The number of ether oxygens (including phenoxy) is 1. The molecule has 1 aromatic heterocycles. The quantitative estimate of drug-likeness (QED) is 0.822. The van der Waals surface area contributed by atoms with E-state index in [1.54, 1.807) is 6.20 Å². The van der Waals surface area contributed by atoms with Gasteiger partial charge >= 0.3 is 0 Å². The van der Waals surface area contributed by atoms with E-state index in [0.29, 0.717) is 11.8 Å². The van der Waals surface area contributed by atoms with Gasteiger partial charge in [-0.25, -0.2) is 4.98 Å². The fourth-order valence-corrected chi connectivity index (χ4v) is 1.75. The van der Waals surface area contributed by atoms with Crippen LogP contribution in [0.25, 0.3) is 0 Å². The highest BCUT2D eigenvalue weighted by Gasteiger charge is 2.01. The second-order valence-electron chi connectivity index (χ2n) is 4.52. The number of halogens is 1. The van der Waals surface area contributed by atoms with Crippen LogP contribution in [0, 0.1) is 0 Å². The summed E-state index contributed by atoms with van der Waals surface area (Å²) in [6, 6.07) is 11.8. The van der Waals surface area contributed by atoms with E-state index in [9.17, 15) is 0 Å². The Bertz CT molecular complexity index is 526. The Morgan fingerprint density at radius 1 is 1.21 bits per heavy atom. The van der Waals surface area contributed by atoms with E-state index in [-0.39, 0.29) is 6.10 Å². The van der Waals surface area contributed by atoms with Crippen LogP contribution in [-0.2, 0) is 11.3 Å². The molecule has 0 fully saturated rings. The first kappa shape index (κ1) is 13.8. The Balaban J connectivity index is 2.01. The summed E-state index contributed by atoms with van der Waals surface area (Å²) < 4.78 is 5.55. The number of rotatable bonds is 5. The van der Waals surface area contributed by atoms with Crippen molar-refractivity contribution in [3.05, 3.63) is 53.3 Å². The average molecular weight is 277 g/mol. The number of nitrogens with one attached hydrogen (secondary N) is 1. The summed E-state index contributed by atoms with van der Waals surface area (Å²) >= 11 is 6.00. The summed E-state index contributed by atoms with van der Waals surface area (Å²) in [6.45, 7) is 4.69. The fourth-order valence-electron chi connectivity index (χ4n) is 1.58. The number of nitrogens with zero attached hydrogens (tertiary/aromatic N) is 1. The number of hydrogen-bond acceptors (Lipinski definition) is 3. The third kappa shape index (κ3) is 4.23. The molecule has 0 aliphatic heterocycles. The minimum absolute atomic E-state index is 0.243. The van der Waals surface area contributed by atoms with Crippen LogP contribution in [0.4, 0.5) is 11.4 Å². The van der Waals surface area contributed by atoms with Crippen LogP contribution in [0.1, 0.15) is 19.4 Å². The van der Waals surface area contributed by atoms with Gasteiger partial charge in [0.25, 0.3) is 0 Å². The van der Waals surface area contributed by atoms with Crippen molar-refractivity contribution in [3.63, 3.8) is 0 Å². The van der Waals surface area contributed by atoms with Crippen LogP contribution in [0.3, 0.4) is 0 Å². The van der Waals surface area contributed by atoms with Gasteiger partial charge in [0.2, 0.25) is 0 Å². The number of hydrogen-bond donors (Lipinski definition) is 1. The lowest BCUT2D eigenvalue weighted by atomic mass is 10.2. The highest BCUT2D eigenvalue weighted by molar-refractivity contribution is 6.32. The molecule has 0 saturated heterocycles. The molecule has 2 aromatic rings. The predicted octanol–water partition coefficient (Wildman–Crippen LogP) is 4.40. The molecule has 0 bridgehead atoms. The molecule has 2 rings (SSSR count). The van der Waals surface area contributed by atoms with Crippen molar-refractivity contribution in [1.82, 2.24) is 4.98 Å². The van der Waals surface area contributed by atoms with Gasteiger partial charge in [0.05, 0.1) is 18.4 Å². The summed E-state index contributed by atoms with van der Waals surface area (Å²) in [4.78, 5) is 4.02. The lowest BCUT2D eigenvalue weighted by Crippen LogP contribution is -2.02. The summed E-state index contributed by atoms with van der Waals surface area (Å²) in [5, 5.41) is 3.70. The Morgan fingerprint density at radius 3 is 2.58 bits per heavy atom. The molecule has 1 N–H and O–H groups in total. The molecule has 100 valence electrons. The third-order valence-electron chi connectivity index (χ3n) is 2.58. The topological polar surface area (TPSA) is 34.1 Å². The minimum atomic E-state index is 0.243. The zero-order valence-electron chi connectivity index (χ0n) is 11.1. The molecule has 0 aliphatic rings. The van der Waals surface area contributed by atoms with Crippen LogP contribution < -0.4 is 5.32 Å². The summed E-state index contributed by atoms with van der Waals surface area (Å²) in [5.41, 5.74) is 2.93. The second-order valence-corrected chi connectivity index (χ2v) is 4.88. The van der Waals surface area contributed by atoms with E-state index in [1.165, 1.54) is 0 Å². The van der Waals surface area contributed by atoms with E-state index in [0.717, 1.165) is 16.9 Å². The van der Waals surface area contributed by atoms with Crippen molar-refractivity contribution in [2.45, 2.75) is 26.6 Å². The summed E-state index contributed by atoms with van der Waals surface area (Å²) in [5.74, 6) is 0. The molecule has 0 amide bonds. The SMILES string of the molecule is CC(C)OCc1ccc(Nc2cccnc2Cl)cc1. The van der Waals surface area contributed by atoms with Gasteiger partial charge in [-0.15, -0.1) is 0 Å². The third-order valence-corrected chi connectivity index (χ3v) is 2.88. The van der Waals surface area contributed by atoms with Crippen molar-refractivity contribution in [1.29, 1.82) is 0 Å². The second kappa shape index (κ2) is 6.55. The van der Waals surface area contributed by atoms with Crippen molar-refractivity contribution in [2.75, 3.05) is 5.32 Å². The van der Waals surface area contributed by atoms with Gasteiger partial charge in [-0.05, 0) is 43.7 Å². The maximum Gasteiger partial charge on any atom is 0.152 e. The van der Waals surface area contributed by atoms with E-state index >= 15 is 0 Å². The van der Waals surface area contributed by atoms with Crippen LogP contribution in [0.5, 0.6) is 0 Å².